The number of benzene rings is 2. The first-order chi connectivity index (χ1) is 13.5. The van der Waals surface area contributed by atoms with Gasteiger partial charge in [-0.2, -0.15) is 0 Å². The van der Waals surface area contributed by atoms with Gasteiger partial charge in [-0.1, -0.05) is 30.3 Å². The predicted octanol–water partition coefficient (Wildman–Crippen LogP) is 3.09. The molecule has 0 atom stereocenters. The molecule has 0 heterocycles. The summed E-state index contributed by atoms with van der Waals surface area (Å²) in [6.07, 6.45) is 0.204. The summed E-state index contributed by atoms with van der Waals surface area (Å²) >= 11 is 5.26. The van der Waals surface area contributed by atoms with Crippen LogP contribution in [-0.2, 0) is 11.3 Å². The molecule has 0 bridgehead atoms. The van der Waals surface area contributed by atoms with Crippen LogP contribution >= 0.6 is 12.2 Å². The molecule has 0 aliphatic heterocycles. The molecule has 148 valence electrons. The lowest BCUT2D eigenvalue weighted by Gasteiger charge is -2.21. The summed E-state index contributed by atoms with van der Waals surface area (Å²) in [6.45, 7) is 3.04. The summed E-state index contributed by atoms with van der Waals surface area (Å²) in [5.74, 6) is 0.353. The Morgan fingerprint density at radius 1 is 1.04 bits per heavy atom. The Balaban J connectivity index is 1.73. The Bertz CT molecular complexity index is 794. The van der Waals surface area contributed by atoms with E-state index in [0.29, 0.717) is 23.8 Å². The number of hydrazine groups is 1. The van der Waals surface area contributed by atoms with Crippen molar-refractivity contribution in [3.8, 4) is 5.75 Å². The summed E-state index contributed by atoms with van der Waals surface area (Å²) in [6, 6.07) is 16.7. The molecule has 2 aromatic rings. The third-order valence-electron chi connectivity index (χ3n) is 3.95. The highest BCUT2D eigenvalue weighted by molar-refractivity contribution is 7.80. The van der Waals surface area contributed by atoms with E-state index >= 15 is 0 Å². The van der Waals surface area contributed by atoms with Crippen LogP contribution in [-0.4, -0.2) is 35.5 Å². The molecule has 6 nitrogen and oxygen atoms in total. The van der Waals surface area contributed by atoms with Crippen LogP contribution in [0.25, 0.3) is 0 Å². The molecular formula is C21H25N3O3S. The fourth-order valence-corrected chi connectivity index (χ4v) is 2.58. The average molecular weight is 400 g/mol. The number of thiocarbonyl (C=S) groups is 1. The van der Waals surface area contributed by atoms with Gasteiger partial charge in [0.15, 0.2) is 10.9 Å². The lowest BCUT2D eigenvalue weighted by Crippen LogP contribution is -2.47. The molecule has 0 unspecified atom stereocenters. The second-order valence-electron chi connectivity index (χ2n) is 6.12. The maximum Gasteiger partial charge on any atom is 0.239 e. The van der Waals surface area contributed by atoms with E-state index in [0.717, 1.165) is 11.3 Å². The monoisotopic (exact) mass is 399 g/mol. The van der Waals surface area contributed by atoms with Crippen LogP contribution in [0.15, 0.2) is 54.6 Å². The number of amides is 1. The summed E-state index contributed by atoms with van der Waals surface area (Å²) in [5.41, 5.74) is 4.32. The molecule has 7 heteroatoms. The Kier molecular flexibility index (Phi) is 8.42. The third-order valence-corrected chi connectivity index (χ3v) is 4.37. The van der Waals surface area contributed by atoms with Crippen molar-refractivity contribution >= 4 is 29.0 Å². The van der Waals surface area contributed by atoms with Gasteiger partial charge in [0, 0.05) is 32.0 Å². The van der Waals surface area contributed by atoms with Crippen LogP contribution in [0.1, 0.15) is 35.7 Å². The van der Waals surface area contributed by atoms with Gasteiger partial charge in [0.1, 0.15) is 5.75 Å². The van der Waals surface area contributed by atoms with Crippen LogP contribution in [0, 0.1) is 0 Å². The number of nitrogens with zero attached hydrogens (tertiary/aromatic N) is 1. The van der Waals surface area contributed by atoms with Crippen LogP contribution < -0.4 is 15.5 Å². The molecule has 0 saturated carbocycles. The molecule has 0 radical (unpaired) electrons. The first kappa shape index (κ1) is 21.4. The molecular weight excluding hydrogens is 374 g/mol. The van der Waals surface area contributed by atoms with Gasteiger partial charge in [-0.15, -0.1) is 0 Å². The van der Waals surface area contributed by atoms with Crippen LogP contribution in [0.5, 0.6) is 5.75 Å². The van der Waals surface area contributed by atoms with Crippen molar-refractivity contribution in [2.24, 2.45) is 0 Å². The van der Waals surface area contributed by atoms with Gasteiger partial charge in [-0.25, -0.2) is 0 Å². The molecule has 0 aliphatic rings. The molecule has 2 aromatic carbocycles. The largest absolute Gasteiger partial charge is 0.494 e. The summed E-state index contributed by atoms with van der Waals surface area (Å²) in [4.78, 5) is 24.3. The minimum Gasteiger partial charge on any atom is -0.494 e. The van der Waals surface area contributed by atoms with E-state index in [1.54, 1.807) is 31.3 Å². The van der Waals surface area contributed by atoms with Gasteiger partial charge in [-0.3, -0.25) is 20.0 Å². The third kappa shape index (κ3) is 7.00. The predicted molar refractivity (Wildman–Crippen MR) is 113 cm³/mol. The highest BCUT2D eigenvalue weighted by atomic mass is 32.1. The van der Waals surface area contributed by atoms with Crippen LogP contribution in [0.4, 0.5) is 0 Å². The molecule has 0 spiro atoms. The van der Waals surface area contributed by atoms with Crippen molar-refractivity contribution in [3.63, 3.8) is 0 Å². The standard InChI is InChI=1S/C21H25N3O3S/c1-3-27-18-11-9-17(10-12-18)19(25)13-14-20(26)23-24(2)21(28)22-15-16-7-5-4-6-8-16/h4-12H,3,13-15H2,1-2H3,(H,22,28)(H,23,26). The quantitative estimate of drug-likeness (QED) is 0.404. The van der Waals surface area contributed by atoms with Crippen molar-refractivity contribution in [3.05, 3.63) is 65.7 Å². The van der Waals surface area contributed by atoms with E-state index in [9.17, 15) is 9.59 Å². The van der Waals surface area contributed by atoms with Crippen LogP contribution in [0.2, 0.25) is 0 Å². The highest BCUT2D eigenvalue weighted by Gasteiger charge is 2.12. The average Bonchev–Trinajstić information content (AvgIpc) is 2.71. The number of nitrogens with one attached hydrogen (secondary N) is 2. The number of rotatable bonds is 8. The zero-order valence-corrected chi connectivity index (χ0v) is 16.9. The van der Waals surface area contributed by atoms with Gasteiger partial charge in [0.2, 0.25) is 5.91 Å². The summed E-state index contributed by atoms with van der Waals surface area (Å²) < 4.78 is 5.35. The Morgan fingerprint density at radius 2 is 1.71 bits per heavy atom. The van der Waals surface area contributed by atoms with Crippen molar-refractivity contribution in [2.45, 2.75) is 26.3 Å². The van der Waals surface area contributed by atoms with Crippen molar-refractivity contribution < 1.29 is 14.3 Å². The number of ether oxygens (including phenoxy) is 1. The number of hydrogen-bond donors (Lipinski definition) is 2. The van der Waals surface area contributed by atoms with Gasteiger partial charge >= 0.3 is 0 Å². The lowest BCUT2D eigenvalue weighted by atomic mass is 10.1. The molecule has 2 rings (SSSR count). The van der Waals surface area contributed by atoms with Crippen molar-refractivity contribution in [1.29, 1.82) is 0 Å². The second-order valence-corrected chi connectivity index (χ2v) is 6.51. The number of carbonyl (C=O) groups excluding carboxylic acids is 2. The minimum atomic E-state index is -0.273. The SMILES string of the molecule is CCOc1ccc(C(=O)CCC(=O)NN(C)C(=S)NCc2ccccc2)cc1. The topological polar surface area (TPSA) is 70.7 Å². The molecule has 0 saturated heterocycles. The van der Waals surface area contributed by atoms with Gasteiger partial charge < -0.3 is 10.1 Å². The first-order valence-corrected chi connectivity index (χ1v) is 9.51. The van der Waals surface area contributed by atoms with Crippen molar-refractivity contribution in [2.75, 3.05) is 13.7 Å². The first-order valence-electron chi connectivity index (χ1n) is 9.10. The highest BCUT2D eigenvalue weighted by Crippen LogP contribution is 2.14. The second kappa shape index (κ2) is 11.0. The smallest absolute Gasteiger partial charge is 0.239 e. The van der Waals surface area contributed by atoms with Gasteiger partial charge in [0.25, 0.3) is 0 Å². The zero-order valence-electron chi connectivity index (χ0n) is 16.1. The number of ketones is 1. The van der Waals surface area contributed by atoms with E-state index in [1.165, 1.54) is 5.01 Å². The van der Waals surface area contributed by atoms with E-state index in [1.807, 2.05) is 37.3 Å². The molecule has 2 N–H and O–H groups in total. The molecule has 28 heavy (non-hydrogen) atoms. The molecule has 1 amide bonds. The van der Waals surface area contributed by atoms with Gasteiger partial charge in [0.05, 0.1) is 6.61 Å². The van der Waals surface area contributed by atoms with E-state index < -0.39 is 0 Å². The van der Waals surface area contributed by atoms with Crippen LogP contribution in [0.3, 0.4) is 0 Å². The lowest BCUT2D eigenvalue weighted by molar-refractivity contribution is -0.123. The van der Waals surface area contributed by atoms with Crippen molar-refractivity contribution in [1.82, 2.24) is 15.8 Å². The maximum atomic E-state index is 12.2. The maximum absolute atomic E-state index is 12.2. The number of Topliss-reactive ketones (excluding diaryl/α,β-unsaturated/α-hetero) is 1. The van der Waals surface area contributed by atoms with E-state index in [-0.39, 0.29) is 24.5 Å². The Hall–Kier alpha value is -2.93. The number of hydrogen-bond acceptors (Lipinski definition) is 4. The zero-order chi connectivity index (χ0) is 20.4. The Morgan fingerprint density at radius 3 is 2.36 bits per heavy atom. The molecule has 0 aliphatic carbocycles. The fourth-order valence-electron chi connectivity index (χ4n) is 2.46. The fraction of sp³-hybridized carbons (Fsp3) is 0.286. The number of carbonyl (C=O) groups is 2. The minimum absolute atomic E-state index is 0.0810. The van der Waals surface area contributed by atoms with E-state index in [4.69, 9.17) is 17.0 Å². The summed E-state index contributed by atoms with van der Waals surface area (Å²) in [7, 11) is 1.66. The molecule has 0 aromatic heterocycles. The summed E-state index contributed by atoms with van der Waals surface area (Å²) in [5, 5.41) is 4.92. The van der Waals surface area contributed by atoms with E-state index in [2.05, 4.69) is 10.7 Å². The molecule has 0 fully saturated rings. The normalized spacial score (nSPS) is 10.1. The van der Waals surface area contributed by atoms with Gasteiger partial charge in [-0.05, 0) is 49.0 Å². The Labute approximate surface area is 170 Å².